The quantitative estimate of drug-likeness (QED) is 0.625. The van der Waals surface area contributed by atoms with Crippen molar-refractivity contribution in [3.8, 4) is 11.8 Å². The third kappa shape index (κ3) is 1.23. The van der Waals surface area contributed by atoms with Gasteiger partial charge in [0.15, 0.2) is 5.78 Å². The SMILES string of the molecule is N#CC1COc2ccc(F)cc2C1=O. The number of benzene rings is 1. The molecule has 0 amide bonds. The van der Waals surface area contributed by atoms with E-state index in [-0.39, 0.29) is 18.0 Å². The molecule has 0 saturated heterocycles. The molecule has 1 unspecified atom stereocenters. The summed E-state index contributed by atoms with van der Waals surface area (Å²) in [6.45, 7) is 0.0496. The van der Waals surface area contributed by atoms with Crippen LogP contribution in [0, 0.1) is 23.1 Å². The monoisotopic (exact) mass is 191 g/mol. The molecule has 0 aliphatic carbocycles. The van der Waals surface area contributed by atoms with Crippen molar-refractivity contribution in [2.75, 3.05) is 6.61 Å². The fourth-order valence-electron chi connectivity index (χ4n) is 1.35. The van der Waals surface area contributed by atoms with E-state index in [0.29, 0.717) is 5.75 Å². The van der Waals surface area contributed by atoms with Gasteiger partial charge in [0.2, 0.25) is 0 Å². The van der Waals surface area contributed by atoms with Crippen molar-refractivity contribution in [2.24, 2.45) is 5.92 Å². The van der Waals surface area contributed by atoms with Gasteiger partial charge in [-0.25, -0.2) is 4.39 Å². The molecular weight excluding hydrogens is 185 g/mol. The van der Waals surface area contributed by atoms with Gasteiger partial charge in [-0.05, 0) is 18.2 Å². The third-order valence-corrected chi connectivity index (χ3v) is 2.08. The molecule has 70 valence electrons. The number of Topliss-reactive ketones (excluding diaryl/α,β-unsaturated/α-hetero) is 1. The summed E-state index contributed by atoms with van der Waals surface area (Å²) >= 11 is 0. The fraction of sp³-hybridized carbons (Fsp3) is 0.200. The van der Waals surface area contributed by atoms with E-state index in [1.807, 2.05) is 6.07 Å². The van der Waals surface area contributed by atoms with Crippen molar-refractivity contribution >= 4 is 5.78 Å². The fourth-order valence-corrected chi connectivity index (χ4v) is 1.35. The number of halogens is 1. The van der Waals surface area contributed by atoms with Gasteiger partial charge in [-0.2, -0.15) is 5.26 Å². The summed E-state index contributed by atoms with van der Waals surface area (Å²) in [6, 6.07) is 5.54. The first-order valence-corrected chi connectivity index (χ1v) is 4.08. The number of ether oxygens (including phenoxy) is 1. The highest BCUT2D eigenvalue weighted by Gasteiger charge is 2.28. The van der Waals surface area contributed by atoms with Crippen LogP contribution in [0.15, 0.2) is 18.2 Å². The number of rotatable bonds is 0. The van der Waals surface area contributed by atoms with Crippen molar-refractivity contribution in [3.63, 3.8) is 0 Å². The summed E-state index contributed by atoms with van der Waals surface area (Å²) in [5, 5.41) is 8.61. The van der Waals surface area contributed by atoms with Crippen LogP contribution in [0.3, 0.4) is 0 Å². The zero-order valence-corrected chi connectivity index (χ0v) is 7.16. The molecule has 0 radical (unpaired) electrons. The van der Waals surface area contributed by atoms with Crippen LogP contribution < -0.4 is 4.74 Å². The van der Waals surface area contributed by atoms with Crippen LogP contribution in [-0.2, 0) is 0 Å². The Labute approximate surface area is 79.7 Å². The molecule has 1 aliphatic rings. The zero-order chi connectivity index (χ0) is 10.1. The van der Waals surface area contributed by atoms with Gasteiger partial charge < -0.3 is 4.74 Å². The van der Waals surface area contributed by atoms with Crippen LogP contribution in [0.2, 0.25) is 0 Å². The summed E-state index contributed by atoms with van der Waals surface area (Å²) in [6.07, 6.45) is 0. The van der Waals surface area contributed by atoms with Gasteiger partial charge in [-0.1, -0.05) is 0 Å². The van der Waals surface area contributed by atoms with Crippen molar-refractivity contribution in [1.82, 2.24) is 0 Å². The van der Waals surface area contributed by atoms with Crippen LogP contribution >= 0.6 is 0 Å². The molecule has 2 rings (SSSR count). The highest BCUT2D eigenvalue weighted by Crippen LogP contribution is 2.27. The third-order valence-electron chi connectivity index (χ3n) is 2.08. The van der Waals surface area contributed by atoms with Crippen LogP contribution in [0.5, 0.6) is 5.75 Å². The largest absolute Gasteiger partial charge is 0.491 e. The lowest BCUT2D eigenvalue weighted by Crippen LogP contribution is -2.26. The van der Waals surface area contributed by atoms with Gasteiger partial charge in [0, 0.05) is 0 Å². The second kappa shape index (κ2) is 3.11. The average molecular weight is 191 g/mol. The lowest BCUT2D eigenvalue weighted by molar-refractivity contribution is 0.0878. The smallest absolute Gasteiger partial charge is 0.187 e. The number of hydrogen-bond donors (Lipinski definition) is 0. The number of nitriles is 1. The second-order valence-corrected chi connectivity index (χ2v) is 3.00. The molecule has 0 spiro atoms. The Morgan fingerprint density at radius 2 is 2.36 bits per heavy atom. The van der Waals surface area contributed by atoms with Crippen molar-refractivity contribution in [1.29, 1.82) is 5.26 Å². The Morgan fingerprint density at radius 3 is 3.07 bits per heavy atom. The van der Waals surface area contributed by atoms with Crippen molar-refractivity contribution < 1.29 is 13.9 Å². The Kier molecular flexibility index (Phi) is 1.93. The van der Waals surface area contributed by atoms with Crippen LogP contribution in [0.25, 0.3) is 0 Å². The maximum atomic E-state index is 12.8. The van der Waals surface area contributed by atoms with Crippen molar-refractivity contribution in [3.05, 3.63) is 29.6 Å². The van der Waals surface area contributed by atoms with Gasteiger partial charge in [-0.15, -0.1) is 0 Å². The standard InChI is InChI=1S/C10H6FNO2/c11-7-1-2-9-8(3-7)10(13)6(4-12)5-14-9/h1-3,6H,5H2. The van der Waals surface area contributed by atoms with E-state index in [1.54, 1.807) is 0 Å². The molecule has 1 aliphatic heterocycles. The lowest BCUT2D eigenvalue weighted by Gasteiger charge is -2.19. The maximum absolute atomic E-state index is 12.8. The van der Waals surface area contributed by atoms with Gasteiger partial charge in [0.05, 0.1) is 11.6 Å². The van der Waals surface area contributed by atoms with Crippen LogP contribution in [0.1, 0.15) is 10.4 Å². The number of fused-ring (bicyclic) bond motifs is 1. The molecule has 0 fully saturated rings. The van der Waals surface area contributed by atoms with Gasteiger partial charge in [0.25, 0.3) is 0 Å². The molecule has 0 bridgehead atoms. The molecule has 1 heterocycles. The first-order chi connectivity index (χ1) is 6.72. The Balaban J connectivity index is 2.49. The predicted molar refractivity (Wildman–Crippen MR) is 45.3 cm³/mol. The first kappa shape index (κ1) is 8.70. The summed E-state index contributed by atoms with van der Waals surface area (Å²) < 4.78 is 18.0. The van der Waals surface area contributed by atoms with E-state index < -0.39 is 11.7 Å². The first-order valence-electron chi connectivity index (χ1n) is 4.08. The lowest BCUT2D eigenvalue weighted by atomic mass is 9.96. The van der Waals surface area contributed by atoms with E-state index in [0.717, 1.165) is 6.07 Å². The van der Waals surface area contributed by atoms with E-state index in [2.05, 4.69) is 0 Å². The van der Waals surface area contributed by atoms with E-state index in [4.69, 9.17) is 10.00 Å². The minimum Gasteiger partial charge on any atom is -0.491 e. The molecule has 0 aromatic heterocycles. The summed E-state index contributed by atoms with van der Waals surface area (Å²) in [5.41, 5.74) is 0.155. The molecular formula is C10H6FNO2. The minimum atomic E-state index is -0.815. The summed E-state index contributed by atoms with van der Waals surface area (Å²) in [7, 11) is 0. The van der Waals surface area contributed by atoms with Gasteiger partial charge >= 0.3 is 0 Å². The molecule has 0 N–H and O–H groups in total. The highest BCUT2D eigenvalue weighted by molar-refractivity contribution is 6.02. The molecule has 1 atom stereocenters. The normalized spacial score (nSPS) is 19.4. The number of carbonyl (C=O) groups is 1. The van der Waals surface area contributed by atoms with Crippen LogP contribution in [-0.4, -0.2) is 12.4 Å². The second-order valence-electron chi connectivity index (χ2n) is 3.00. The number of carbonyl (C=O) groups excluding carboxylic acids is 1. The molecule has 1 aromatic carbocycles. The Morgan fingerprint density at radius 1 is 1.57 bits per heavy atom. The summed E-state index contributed by atoms with van der Waals surface area (Å²) in [5.74, 6) is -1.33. The van der Waals surface area contributed by atoms with E-state index in [1.165, 1.54) is 12.1 Å². The number of ketones is 1. The van der Waals surface area contributed by atoms with Crippen LogP contribution in [0.4, 0.5) is 4.39 Å². The average Bonchev–Trinajstić information content (AvgIpc) is 2.20. The molecule has 3 nitrogen and oxygen atoms in total. The summed E-state index contributed by atoms with van der Waals surface area (Å²) in [4.78, 5) is 11.5. The topological polar surface area (TPSA) is 50.1 Å². The van der Waals surface area contributed by atoms with Crippen molar-refractivity contribution in [2.45, 2.75) is 0 Å². The Hall–Kier alpha value is -1.89. The number of hydrogen-bond acceptors (Lipinski definition) is 3. The highest BCUT2D eigenvalue weighted by atomic mass is 19.1. The van der Waals surface area contributed by atoms with Gasteiger partial charge in [-0.3, -0.25) is 4.79 Å². The predicted octanol–water partition coefficient (Wildman–Crippen LogP) is 1.54. The molecule has 1 aromatic rings. The maximum Gasteiger partial charge on any atom is 0.187 e. The number of nitrogens with zero attached hydrogens (tertiary/aromatic N) is 1. The van der Waals surface area contributed by atoms with E-state index in [9.17, 15) is 9.18 Å². The Bertz CT molecular complexity index is 436. The van der Waals surface area contributed by atoms with Gasteiger partial charge in [0.1, 0.15) is 24.1 Å². The molecule has 14 heavy (non-hydrogen) atoms. The zero-order valence-electron chi connectivity index (χ0n) is 7.16. The molecule has 4 heteroatoms. The minimum absolute atomic E-state index is 0.0496. The molecule has 0 saturated carbocycles. The van der Waals surface area contributed by atoms with E-state index >= 15 is 0 Å².